The van der Waals surface area contributed by atoms with Gasteiger partial charge in [-0.3, -0.25) is 0 Å². The van der Waals surface area contributed by atoms with Crippen molar-refractivity contribution < 1.29 is 4.74 Å². The van der Waals surface area contributed by atoms with Gasteiger partial charge in [0, 0.05) is 17.6 Å². The molecule has 3 nitrogen and oxygen atoms in total. The first-order valence-electron chi connectivity index (χ1n) is 5.39. The van der Waals surface area contributed by atoms with Crippen molar-refractivity contribution in [2.75, 3.05) is 6.26 Å². The van der Waals surface area contributed by atoms with Crippen LogP contribution in [0.4, 0.5) is 0 Å². The van der Waals surface area contributed by atoms with Crippen LogP contribution >= 0.6 is 23.4 Å². The maximum absolute atomic E-state index is 6.07. The second kappa shape index (κ2) is 6.09. The van der Waals surface area contributed by atoms with Gasteiger partial charge in [-0.05, 0) is 42.2 Å². The van der Waals surface area contributed by atoms with E-state index in [0.717, 1.165) is 5.56 Å². The van der Waals surface area contributed by atoms with Gasteiger partial charge < -0.3 is 10.5 Å². The zero-order chi connectivity index (χ0) is 13.0. The fourth-order valence-corrected chi connectivity index (χ4v) is 2.04. The van der Waals surface area contributed by atoms with Crippen LogP contribution in [-0.4, -0.2) is 11.2 Å². The van der Waals surface area contributed by atoms with Crippen molar-refractivity contribution >= 4 is 23.4 Å². The Hall–Kier alpha value is -1.23. The van der Waals surface area contributed by atoms with E-state index >= 15 is 0 Å². The van der Waals surface area contributed by atoms with Crippen LogP contribution in [0.25, 0.3) is 0 Å². The van der Waals surface area contributed by atoms with E-state index in [1.807, 2.05) is 30.5 Å². The molecule has 0 radical (unpaired) electrons. The second-order valence-corrected chi connectivity index (χ2v) is 4.90. The van der Waals surface area contributed by atoms with Gasteiger partial charge in [0.05, 0.1) is 0 Å². The summed E-state index contributed by atoms with van der Waals surface area (Å²) in [6.07, 6.45) is 3.69. The van der Waals surface area contributed by atoms with Crippen molar-refractivity contribution in [2.45, 2.75) is 11.4 Å². The number of hydrogen-bond acceptors (Lipinski definition) is 4. The number of halogens is 1. The lowest BCUT2D eigenvalue weighted by Gasteiger charge is -2.07. The molecule has 0 aliphatic rings. The molecule has 0 amide bonds. The van der Waals surface area contributed by atoms with E-state index in [2.05, 4.69) is 4.98 Å². The third kappa shape index (κ3) is 3.16. The summed E-state index contributed by atoms with van der Waals surface area (Å²) in [5, 5.41) is 0.465. The summed E-state index contributed by atoms with van der Waals surface area (Å²) in [7, 11) is 0. The molecule has 1 aromatic carbocycles. The average molecular weight is 281 g/mol. The summed E-state index contributed by atoms with van der Waals surface area (Å²) in [6, 6.07) is 9.52. The van der Waals surface area contributed by atoms with Gasteiger partial charge in [0.25, 0.3) is 0 Å². The number of nitrogens with zero attached hydrogens (tertiary/aromatic N) is 1. The highest BCUT2D eigenvalue weighted by molar-refractivity contribution is 7.98. The zero-order valence-electron chi connectivity index (χ0n) is 9.89. The van der Waals surface area contributed by atoms with Crippen molar-refractivity contribution in [1.82, 2.24) is 4.98 Å². The van der Waals surface area contributed by atoms with Gasteiger partial charge in [0.1, 0.15) is 10.8 Å². The van der Waals surface area contributed by atoms with E-state index in [1.54, 1.807) is 24.0 Å². The summed E-state index contributed by atoms with van der Waals surface area (Å²) in [5.74, 6) is 1.11. The van der Waals surface area contributed by atoms with Gasteiger partial charge in [-0.2, -0.15) is 0 Å². The third-order valence-corrected chi connectivity index (χ3v) is 3.39. The number of rotatable bonds is 4. The van der Waals surface area contributed by atoms with Crippen molar-refractivity contribution in [3.63, 3.8) is 0 Å². The molecule has 2 aromatic rings. The number of thioether (sulfide) groups is 1. The molecule has 2 rings (SSSR count). The van der Waals surface area contributed by atoms with E-state index < -0.39 is 0 Å². The smallest absolute Gasteiger partial charge is 0.238 e. The van der Waals surface area contributed by atoms with Crippen LogP contribution in [0.5, 0.6) is 11.6 Å². The minimum atomic E-state index is 0.394. The summed E-state index contributed by atoms with van der Waals surface area (Å²) < 4.78 is 5.61. The topological polar surface area (TPSA) is 48.1 Å². The lowest BCUT2D eigenvalue weighted by atomic mass is 10.3. The predicted octanol–water partition coefficient (Wildman–Crippen LogP) is 3.71. The highest BCUT2D eigenvalue weighted by Crippen LogP contribution is 2.28. The highest BCUT2D eigenvalue weighted by atomic mass is 35.5. The Morgan fingerprint density at radius 2 is 2.06 bits per heavy atom. The lowest BCUT2D eigenvalue weighted by molar-refractivity contribution is 0.462. The number of pyridine rings is 1. The Bertz CT molecular complexity index is 531. The molecule has 0 saturated carbocycles. The first-order chi connectivity index (χ1) is 8.72. The van der Waals surface area contributed by atoms with Crippen molar-refractivity contribution in [3.05, 3.63) is 47.1 Å². The van der Waals surface area contributed by atoms with E-state index in [9.17, 15) is 0 Å². The van der Waals surface area contributed by atoms with Gasteiger partial charge in [0.15, 0.2) is 0 Å². The van der Waals surface area contributed by atoms with Gasteiger partial charge in [-0.25, -0.2) is 4.98 Å². The van der Waals surface area contributed by atoms with E-state index in [-0.39, 0.29) is 0 Å². The average Bonchev–Trinajstić information content (AvgIpc) is 2.42. The van der Waals surface area contributed by atoms with Gasteiger partial charge >= 0.3 is 0 Å². The summed E-state index contributed by atoms with van der Waals surface area (Å²) >= 11 is 7.75. The number of ether oxygens (including phenoxy) is 1. The quantitative estimate of drug-likeness (QED) is 0.868. The molecule has 2 N–H and O–H groups in total. The molecule has 0 atom stereocenters. The fraction of sp³-hybridized carbons (Fsp3) is 0.154. The van der Waals surface area contributed by atoms with Crippen LogP contribution in [0.1, 0.15) is 5.56 Å². The minimum Gasteiger partial charge on any atom is -0.438 e. The van der Waals surface area contributed by atoms with Gasteiger partial charge in [-0.1, -0.05) is 11.6 Å². The molecule has 0 aliphatic carbocycles. The van der Waals surface area contributed by atoms with Crippen LogP contribution in [-0.2, 0) is 6.54 Å². The number of hydrogen-bond donors (Lipinski definition) is 1. The zero-order valence-corrected chi connectivity index (χ0v) is 11.5. The Balaban J connectivity index is 2.17. The summed E-state index contributed by atoms with van der Waals surface area (Å²) in [5.41, 5.74) is 6.39. The molecule has 0 fully saturated rings. The van der Waals surface area contributed by atoms with Crippen molar-refractivity contribution in [2.24, 2.45) is 5.73 Å². The Kier molecular flexibility index (Phi) is 4.47. The van der Waals surface area contributed by atoms with Crippen molar-refractivity contribution in [1.29, 1.82) is 0 Å². The largest absolute Gasteiger partial charge is 0.438 e. The number of nitrogens with two attached hydrogens (primary N) is 1. The van der Waals surface area contributed by atoms with Crippen LogP contribution < -0.4 is 10.5 Å². The molecule has 0 aliphatic heterocycles. The first-order valence-corrected chi connectivity index (χ1v) is 6.99. The molecule has 18 heavy (non-hydrogen) atoms. The third-order valence-electron chi connectivity index (χ3n) is 2.37. The highest BCUT2D eigenvalue weighted by Gasteiger charge is 2.05. The monoisotopic (exact) mass is 280 g/mol. The summed E-state index contributed by atoms with van der Waals surface area (Å²) in [6.45, 7) is 0.412. The second-order valence-electron chi connectivity index (χ2n) is 3.61. The van der Waals surface area contributed by atoms with Crippen LogP contribution in [0.2, 0.25) is 5.02 Å². The molecule has 0 saturated heterocycles. The molecule has 5 heteroatoms. The normalized spacial score (nSPS) is 10.4. The minimum absolute atomic E-state index is 0.394. The first kappa shape index (κ1) is 13.2. The number of benzene rings is 1. The Morgan fingerprint density at radius 1 is 1.33 bits per heavy atom. The predicted molar refractivity (Wildman–Crippen MR) is 75.4 cm³/mol. The van der Waals surface area contributed by atoms with Gasteiger partial charge in [-0.15, -0.1) is 11.8 Å². The maximum atomic E-state index is 6.07. The molecular weight excluding hydrogens is 268 g/mol. The maximum Gasteiger partial charge on any atom is 0.238 e. The number of aromatic nitrogens is 1. The molecule has 0 bridgehead atoms. The molecule has 94 valence electrons. The molecule has 1 aromatic heterocycles. The van der Waals surface area contributed by atoms with Crippen LogP contribution in [0.15, 0.2) is 41.4 Å². The Labute approximate surface area is 115 Å². The fourth-order valence-electron chi connectivity index (χ4n) is 1.41. The Morgan fingerprint density at radius 3 is 2.61 bits per heavy atom. The molecular formula is C13H13ClN2OS. The van der Waals surface area contributed by atoms with Crippen LogP contribution in [0.3, 0.4) is 0 Å². The van der Waals surface area contributed by atoms with E-state index in [4.69, 9.17) is 22.1 Å². The van der Waals surface area contributed by atoms with Gasteiger partial charge in [0.2, 0.25) is 5.88 Å². The van der Waals surface area contributed by atoms with Crippen LogP contribution in [0, 0.1) is 0 Å². The molecule has 0 unspecified atom stereocenters. The summed E-state index contributed by atoms with van der Waals surface area (Å²) in [4.78, 5) is 5.33. The molecule has 1 heterocycles. The standard InChI is InChI=1S/C13H13ClN2OS/c1-18-11-4-2-10(3-5-11)17-13-12(14)6-9(7-15)8-16-13/h2-6,8H,7,15H2,1H3. The van der Waals surface area contributed by atoms with E-state index in [1.165, 1.54) is 4.90 Å². The van der Waals surface area contributed by atoms with E-state index in [0.29, 0.717) is 23.2 Å². The van der Waals surface area contributed by atoms with Crippen molar-refractivity contribution in [3.8, 4) is 11.6 Å². The SMILES string of the molecule is CSc1ccc(Oc2ncc(CN)cc2Cl)cc1. The molecule has 0 spiro atoms. The lowest BCUT2D eigenvalue weighted by Crippen LogP contribution is -1.98.